The molecule has 0 saturated heterocycles. The highest BCUT2D eigenvalue weighted by Crippen LogP contribution is 2.28. The maximum absolute atomic E-state index is 12.3. The highest BCUT2D eigenvalue weighted by Gasteiger charge is 2.26. The second-order valence-electron chi connectivity index (χ2n) is 4.96. The van der Waals surface area contributed by atoms with E-state index in [1.165, 1.54) is 12.1 Å². The van der Waals surface area contributed by atoms with Crippen LogP contribution in [0.5, 0.6) is 0 Å². The van der Waals surface area contributed by atoms with Crippen LogP contribution in [0.2, 0.25) is 4.34 Å². The maximum Gasteiger partial charge on any atom is 0.271 e. The van der Waals surface area contributed by atoms with Gasteiger partial charge in [-0.15, -0.1) is 11.3 Å². The Hall–Kier alpha value is -1.57. The molecule has 5 nitrogen and oxygen atoms in total. The van der Waals surface area contributed by atoms with Gasteiger partial charge in [0.1, 0.15) is 4.21 Å². The minimum Gasteiger partial charge on any atom is -0.349 e. The van der Waals surface area contributed by atoms with Crippen LogP contribution in [0.1, 0.15) is 23.2 Å². The Morgan fingerprint density at radius 2 is 1.91 bits per heavy atom. The van der Waals surface area contributed by atoms with Gasteiger partial charge in [0.05, 0.1) is 15.6 Å². The van der Waals surface area contributed by atoms with Crippen molar-refractivity contribution < 1.29 is 13.2 Å². The van der Waals surface area contributed by atoms with E-state index < -0.39 is 10.0 Å². The Kier molecular flexibility index (Phi) is 4.12. The van der Waals surface area contributed by atoms with Crippen LogP contribution in [-0.4, -0.2) is 20.4 Å². The van der Waals surface area contributed by atoms with Crippen LogP contribution in [-0.2, 0) is 10.0 Å². The van der Waals surface area contributed by atoms with Gasteiger partial charge in [0.25, 0.3) is 15.9 Å². The van der Waals surface area contributed by atoms with Gasteiger partial charge in [-0.05, 0) is 37.1 Å². The van der Waals surface area contributed by atoms with Gasteiger partial charge in [-0.2, -0.15) is 0 Å². The number of amides is 1. The van der Waals surface area contributed by atoms with Crippen LogP contribution in [0.4, 0.5) is 5.69 Å². The third-order valence-electron chi connectivity index (χ3n) is 3.14. The highest BCUT2D eigenvalue weighted by molar-refractivity contribution is 7.94. The third kappa shape index (κ3) is 3.43. The predicted molar refractivity (Wildman–Crippen MR) is 87.1 cm³/mol. The van der Waals surface area contributed by atoms with Gasteiger partial charge in [0, 0.05) is 6.04 Å². The Bertz CT molecular complexity index is 813. The summed E-state index contributed by atoms with van der Waals surface area (Å²) in [5, 5.41) is 2.85. The van der Waals surface area contributed by atoms with E-state index in [0.717, 1.165) is 24.2 Å². The van der Waals surface area contributed by atoms with Crippen LogP contribution in [0, 0.1) is 0 Å². The van der Waals surface area contributed by atoms with Gasteiger partial charge >= 0.3 is 0 Å². The molecule has 1 fully saturated rings. The minimum absolute atomic E-state index is 0.106. The monoisotopic (exact) mass is 356 g/mol. The van der Waals surface area contributed by atoms with Crippen molar-refractivity contribution in [3.63, 3.8) is 0 Å². The van der Waals surface area contributed by atoms with Crippen molar-refractivity contribution in [2.24, 2.45) is 0 Å². The molecule has 1 aromatic carbocycles. The quantitative estimate of drug-likeness (QED) is 0.864. The predicted octanol–water partition coefficient (Wildman–Crippen LogP) is 3.09. The molecular formula is C14H13ClN2O3S2. The number of halogens is 1. The van der Waals surface area contributed by atoms with Gasteiger partial charge in [-0.1, -0.05) is 23.7 Å². The molecule has 0 bridgehead atoms. The number of rotatable bonds is 5. The molecule has 0 spiro atoms. The highest BCUT2D eigenvalue weighted by atomic mass is 35.5. The van der Waals surface area contributed by atoms with E-state index in [0.29, 0.717) is 9.90 Å². The lowest BCUT2D eigenvalue weighted by Crippen LogP contribution is -2.26. The summed E-state index contributed by atoms with van der Waals surface area (Å²) in [6.07, 6.45) is 1.93. The van der Waals surface area contributed by atoms with E-state index in [1.54, 1.807) is 24.3 Å². The first-order valence-electron chi connectivity index (χ1n) is 6.64. The van der Waals surface area contributed by atoms with E-state index in [1.807, 2.05) is 0 Å². The number of carbonyl (C=O) groups excluding carboxylic acids is 1. The third-order valence-corrected chi connectivity index (χ3v) is 6.23. The fraction of sp³-hybridized carbons (Fsp3) is 0.214. The van der Waals surface area contributed by atoms with Crippen molar-refractivity contribution in [1.29, 1.82) is 0 Å². The van der Waals surface area contributed by atoms with E-state index in [4.69, 9.17) is 11.6 Å². The summed E-state index contributed by atoms with van der Waals surface area (Å²) in [5.74, 6) is -0.273. The van der Waals surface area contributed by atoms with E-state index in [9.17, 15) is 13.2 Å². The molecule has 0 atom stereocenters. The van der Waals surface area contributed by atoms with Crippen LogP contribution in [0.25, 0.3) is 0 Å². The second kappa shape index (κ2) is 5.91. The molecule has 0 unspecified atom stereocenters. The number of hydrogen-bond donors (Lipinski definition) is 2. The molecule has 1 aliphatic rings. The Labute approximate surface area is 137 Å². The number of nitrogens with one attached hydrogen (secondary N) is 2. The normalized spacial score (nSPS) is 14.6. The topological polar surface area (TPSA) is 75.3 Å². The molecule has 2 aromatic rings. The van der Waals surface area contributed by atoms with Crippen molar-refractivity contribution in [2.75, 3.05) is 4.72 Å². The number of hydrogen-bond acceptors (Lipinski definition) is 4. The summed E-state index contributed by atoms with van der Waals surface area (Å²) >= 11 is 6.74. The Morgan fingerprint density at radius 1 is 1.18 bits per heavy atom. The second-order valence-corrected chi connectivity index (χ2v) is 8.58. The first-order chi connectivity index (χ1) is 10.5. The minimum atomic E-state index is -3.76. The fourth-order valence-electron chi connectivity index (χ4n) is 1.90. The smallest absolute Gasteiger partial charge is 0.271 e. The molecule has 8 heteroatoms. The molecule has 1 aliphatic carbocycles. The molecule has 1 heterocycles. The molecule has 22 heavy (non-hydrogen) atoms. The summed E-state index contributed by atoms with van der Waals surface area (Å²) < 4.78 is 27.6. The summed E-state index contributed by atoms with van der Waals surface area (Å²) in [6, 6.07) is 9.68. The maximum atomic E-state index is 12.3. The van der Waals surface area contributed by atoms with Crippen LogP contribution < -0.4 is 10.0 Å². The zero-order valence-electron chi connectivity index (χ0n) is 11.4. The molecule has 0 radical (unpaired) electrons. The first kappa shape index (κ1) is 15.3. The van der Waals surface area contributed by atoms with Crippen molar-refractivity contribution in [3.8, 4) is 0 Å². The number of sulfonamides is 1. The molecule has 1 amide bonds. The molecular weight excluding hydrogens is 344 g/mol. The zero-order valence-corrected chi connectivity index (χ0v) is 13.8. The Morgan fingerprint density at radius 3 is 2.55 bits per heavy atom. The molecule has 2 N–H and O–H groups in total. The lowest BCUT2D eigenvalue weighted by Gasteiger charge is -2.11. The van der Waals surface area contributed by atoms with Gasteiger partial charge in [-0.3, -0.25) is 9.52 Å². The van der Waals surface area contributed by atoms with Gasteiger partial charge < -0.3 is 5.32 Å². The fourth-order valence-corrected chi connectivity index (χ4v) is 4.46. The van der Waals surface area contributed by atoms with Gasteiger partial charge in [-0.25, -0.2) is 8.42 Å². The van der Waals surface area contributed by atoms with Crippen LogP contribution >= 0.6 is 22.9 Å². The van der Waals surface area contributed by atoms with Crippen molar-refractivity contribution in [2.45, 2.75) is 23.1 Å². The van der Waals surface area contributed by atoms with Crippen molar-refractivity contribution in [3.05, 3.63) is 46.3 Å². The molecule has 1 saturated carbocycles. The van der Waals surface area contributed by atoms with Crippen LogP contribution in [0.3, 0.4) is 0 Å². The van der Waals surface area contributed by atoms with Crippen molar-refractivity contribution in [1.82, 2.24) is 5.32 Å². The largest absolute Gasteiger partial charge is 0.349 e. The summed E-state index contributed by atoms with van der Waals surface area (Å²) in [7, 11) is -3.76. The molecule has 3 rings (SSSR count). The van der Waals surface area contributed by atoms with Gasteiger partial charge in [0.15, 0.2) is 0 Å². The number of thiophene rings is 1. The molecule has 1 aromatic heterocycles. The average Bonchev–Trinajstić information content (AvgIpc) is 3.16. The van der Waals surface area contributed by atoms with Gasteiger partial charge in [0.2, 0.25) is 0 Å². The summed E-state index contributed by atoms with van der Waals surface area (Å²) in [6.45, 7) is 0. The summed E-state index contributed by atoms with van der Waals surface area (Å²) in [5.41, 5.74) is 0.561. The number of anilines is 1. The van der Waals surface area contributed by atoms with E-state index in [-0.39, 0.29) is 21.8 Å². The first-order valence-corrected chi connectivity index (χ1v) is 9.31. The lowest BCUT2D eigenvalue weighted by molar-refractivity contribution is 0.0952. The number of para-hydroxylation sites is 1. The number of carbonyl (C=O) groups is 1. The standard InChI is InChI=1S/C14H13ClN2O3S2/c15-12-7-8-13(21-12)22(19,20)17-11-4-2-1-3-10(11)14(18)16-9-5-6-9/h1-4,7-9,17H,5-6H2,(H,16,18). The molecule has 0 aliphatic heterocycles. The Balaban J connectivity index is 1.87. The lowest BCUT2D eigenvalue weighted by atomic mass is 10.1. The number of benzene rings is 1. The van der Waals surface area contributed by atoms with E-state index >= 15 is 0 Å². The summed E-state index contributed by atoms with van der Waals surface area (Å²) in [4.78, 5) is 12.2. The molecule has 116 valence electrons. The van der Waals surface area contributed by atoms with Crippen LogP contribution in [0.15, 0.2) is 40.6 Å². The SMILES string of the molecule is O=C(NC1CC1)c1ccccc1NS(=O)(=O)c1ccc(Cl)s1. The van der Waals surface area contributed by atoms with Crippen molar-refractivity contribution >= 4 is 44.6 Å². The van der Waals surface area contributed by atoms with E-state index in [2.05, 4.69) is 10.0 Å². The average molecular weight is 357 g/mol. The zero-order chi connectivity index (χ0) is 15.7.